The minimum absolute atomic E-state index is 0.125. The van der Waals surface area contributed by atoms with Crippen molar-refractivity contribution < 1.29 is 8.42 Å². The molecule has 5 aromatic rings. The lowest BCUT2D eigenvalue weighted by molar-refractivity contribution is 0.601. The van der Waals surface area contributed by atoms with Crippen LogP contribution in [0, 0.1) is 0 Å². The Bertz CT molecular complexity index is 1550. The average Bonchev–Trinajstić information content (AvgIpc) is 2.79. The van der Waals surface area contributed by atoms with Gasteiger partial charge in [0.25, 0.3) is 10.0 Å². The number of halogens is 1. The predicted molar refractivity (Wildman–Crippen MR) is 132 cm³/mol. The third kappa shape index (κ3) is 4.15. The molecule has 0 bridgehead atoms. The number of para-hydroxylation sites is 2. The molecule has 0 radical (unpaired) electrons. The number of hydrogen-bond donors (Lipinski definition) is 2. The van der Waals surface area contributed by atoms with Crippen LogP contribution in [-0.2, 0) is 10.0 Å². The van der Waals surface area contributed by atoms with Gasteiger partial charge in [-0.3, -0.25) is 4.72 Å². The molecule has 32 heavy (non-hydrogen) atoms. The maximum Gasteiger partial charge on any atom is 0.263 e. The van der Waals surface area contributed by atoms with E-state index in [-0.39, 0.29) is 10.7 Å². The van der Waals surface area contributed by atoms with Gasteiger partial charge in [-0.25, -0.2) is 18.4 Å². The zero-order chi connectivity index (χ0) is 22.1. The molecule has 0 saturated carbocycles. The first-order chi connectivity index (χ1) is 15.5. The summed E-state index contributed by atoms with van der Waals surface area (Å²) in [7, 11) is -3.86. The lowest BCUT2D eigenvalue weighted by atomic mass is 10.1. The van der Waals surface area contributed by atoms with Crippen LogP contribution in [0.5, 0.6) is 0 Å². The van der Waals surface area contributed by atoms with Crippen LogP contribution in [0.25, 0.3) is 21.8 Å². The highest BCUT2D eigenvalue weighted by atomic mass is 79.9. The number of benzene rings is 4. The Morgan fingerprint density at radius 1 is 0.688 bits per heavy atom. The normalized spacial score (nSPS) is 11.5. The van der Waals surface area contributed by atoms with Gasteiger partial charge in [-0.2, -0.15) is 0 Å². The summed E-state index contributed by atoms with van der Waals surface area (Å²) in [5.74, 6) is 0.444. The Morgan fingerprint density at radius 3 is 2.03 bits per heavy atom. The highest BCUT2D eigenvalue weighted by Gasteiger charge is 2.19. The fraction of sp³-hybridized carbons (Fsp3) is 0. The van der Waals surface area contributed by atoms with E-state index in [1.54, 1.807) is 18.2 Å². The molecule has 2 N–H and O–H groups in total. The molecule has 6 nitrogen and oxygen atoms in total. The van der Waals surface area contributed by atoms with Crippen molar-refractivity contribution in [2.75, 3.05) is 10.0 Å². The Balaban J connectivity index is 1.57. The van der Waals surface area contributed by atoms with E-state index in [0.717, 1.165) is 20.9 Å². The molecular formula is C24H17BrN4O2S. The van der Waals surface area contributed by atoms with Gasteiger partial charge in [0.1, 0.15) is 0 Å². The molecule has 1 heterocycles. The molecule has 5 rings (SSSR count). The lowest BCUT2D eigenvalue weighted by Crippen LogP contribution is -2.16. The maximum absolute atomic E-state index is 13.0. The average molecular weight is 505 g/mol. The summed E-state index contributed by atoms with van der Waals surface area (Å²) in [6.07, 6.45) is 0. The van der Waals surface area contributed by atoms with Gasteiger partial charge < -0.3 is 5.32 Å². The number of fused-ring (bicyclic) bond motifs is 2. The molecule has 0 unspecified atom stereocenters. The highest BCUT2D eigenvalue weighted by molar-refractivity contribution is 9.10. The van der Waals surface area contributed by atoms with Crippen LogP contribution in [-0.4, -0.2) is 18.4 Å². The lowest BCUT2D eigenvalue weighted by Gasteiger charge is -2.14. The first-order valence-corrected chi connectivity index (χ1v) is 12.1. The van der Waals surface area contributed by atoms with Crippen LogP contribution < -0.4 is 10.0 Å². The van der Waals surface area contributed by atoms with Gasteiger partial charge in [0.05, 0.1) is 15.9 Å². The Labute approximate surface area is 193 Å². The van der Waals surface area contributed by atoms with Crippen LogP contribution >= 0.6 is 15.9 Å². The first kappa shape index (κ1) is 20.4. The number of hydrogen-bond acceptors (Lipinski definition) is 5. The quantitative estimate of drug-likeness (QED) is 0.302. The molecule has 1 aromatic heterocycles. The summed E-state index contributed by atoms with van der Waals surface area (Å²) in [5, 5.41) is 5.40. The third-order valence-electron chi connectivity index (χ3n) is 4.94. The molecule has 0 aliphatic carbocycles. The molecule has 0 spiro atoms. The van der Waals surface area contributed by atoms with E-state index in [0.29, 0.717) is 16.9 Å². The summed E-state index contributed by atoms with van der Waals surface area (Å²) < 4.78 is 29.4. The molecule has 8 heteroatoms. The second-order valence-corrected chi connectivity index (χ2v) is 9.75. The van der Waals surface area contributed by atoms with Crippen LogP contribution in [0.1, 0.15) is 0 Å². The van der Waals surface area contributed by atoms with Gasteiger partial charge in [0.15, 0.2) is 11.6 Å². The summed E-state index contributed by atoms with van der Waals surface area (Å²) >= 11 is 3.32. The fourth-order valence-electron chi connectivity index (χ4n) is 3.36. The standard InChI is InChI=1S/C24H17BrN4O2S/c25-18-10-13-20(14-11-18)32(30,31)29-24-23(27-21-7-3-4-8-22(21)28-24)26-19-12-9-16-5-1-2-6-17(16)15-19/h1-15H,(H,26,27)(H,28,29). The van der Waals surface area contributed by atoms with Crippen LogP contribution in [0.2, 0.25) is 0 Å². The van der Waals surface area contributed by atoms with Crippen LogP contribution in [0.4, 0.5) is 17.3 Å². The number of anilines is 3. The van der Waals surface area contributed by atoms with Crippen molar-refractivity contribution in [1.82, 2.24) is 9.97 Å². The molecule has 158 valence electrons. The molecule has 0 amide bonds. The van der Waals surface area contributed by atoms with E-state index in [1.165, 1.54) is 12.1 Å². The van der Waals surface area contributed by atoms with Gasteiger partial charge >= 0.3 is 0 Å². The second-order valence-electron chi connectivity index (χ2n) is 7.16. The second kappa shape index (κ2) is 8.22. The van der Waals surface area contributed by atoms with E-state index < -0.39 is 10.0 Å². The Hall–Kier alpha value is -3.49. The molecule has 0 saturated heterocycles. The minimum atomic E-state index is -3.86. The van der Waals surface area contributed by atoms with Crippen molar-refractivity contribution in [2.45, 2.75) is 4.90 Å². The summed E-state index contributed by atoms with van der Waals surface area (Å²) in [6, 6.07) is 27.6. The van der Waals surface area contributed by atoms with E-state index in [9.17, 15) is 8.42 Å². The van der Waals surface area contributed by atoms with Crippen molar-refractivity contribution in [3.05, 3.63) is 95.5 Å². The highest BCUT2D eigenvalue weighted by Crippen LogP contribution is 2.29. The van der Waals surface area contributed by atoms with Crippen molar-refractivity contribution >= 4 is 65.1 Å². The van der Waals surface area contributed by atoms with Crippen LogP contribution in [0.15, 0.2) is 100 Å². The van der Waals surface area contributed by atoms with Crippen molar-refractivity contribution in [2.24, 2.45) is 0 Å². The monoisotopic (exact) mass is 504 g/mol. The first-order valence-electron chi connectivity index (χ1n) is 9.79. The molecule has 0 aliphatic rings. The number of rotatable bonds is 5. The van der Waals surface area contributed by atoms with Gasteiger partial charge in [0, 0.05) is 10.2 Å². The molecule has 0 aliphatic heterocycles. The predicted octanol–water partition coefficient (Wildman–Crippen LogP) is 6.09. The topological polar surface area (TPSA) is 84.0 Å². The van der Waals surface area contributed by atoms with E-state index in [4.69, 9.17) is 0 Å². The summed E-state index contributed by atoms with van der Waals surface area (Å²) in [6.45, 7) is 0. The maximum atomic E-state index is 13.0. The third-order valence-corrected chi connectivity index (χ3v) is 6.82. The molecule has 0 atom stereocenters. The number of nitrogens with zero attached hydrogens (tertiary/aromatic N) is 2. The van der Waals surface area contributed by atoms with E-state index in [1.807, 2.05) is 60.7 Å². The SMILES string of the molecule is O=S(=O)(Nc1nc2ccccc2nc1Nc1ccc2ccccc2c1)c1ccc(Br)cc1. The molecule has 0 fully saturated rings. The van der Waals surface area contributed by atoms with Crippen LogP contribution in [0.3, 0.4) is 0 Å². The van der Waals surface area contributed by atoms with Crippen molar-refractivity contribution in [3.63, 3.8) is 0 Å². The minimum Gasteiger partial charge on any atom is -0.337 e. The fourth-order valence-corrected chi connectivity index (χ4v) is 4.64. The van der Waals surface area contributed by atoms with Gasteiger partial charge in [-0.05, 0) is 59.3 Å². The van der Waals surface area contributed by atoms with Gasteiger partial charge in [-0.1, -0.05) is 58.4 Å². The van der Waals surface area contributed by atoms with Crippen molar-refractivity contribution in [1.29, 1.82) is 0 Å². The van der Waals surface area contributed by atoms with E-state index in [2.05, 4.69) is 35.9 Å². The van der Waals surface area contributed by atoms with Gasteiger partial charge in [0.2, 0.25) is 0 Å². The van der Waals surface area contributed by atoms with Crippen molar-refractivity contribution in [3.8, 4) is 0 Å². The van der Waals surface area contributed by atoms with Gasteiger partial charge in [-0.15, -0.1) is 0 Å². The summed E-state index contributed by atoms with van der Waals surface area (Å²) in [4.78, 5) is 9.30. The number of sulfonamides is 1. The zero-order valence-corrected chi connectivity index (χ0v) is 19.1. The molecule has 4 aromatic carbocycles. The Kier molecular flexibility index (Phi) is 5.24. The molecular weight excluding hydrogens is 488 g/mol. The Morgan fingerprint density at radius 2 is 1.31 bits per heavy atom. The summed E-state index contributed by atoms with van der Waals surface area (Å²) in [5.41, 5.74) is 2.02. The smallest absolute Gasteiger partial charge is 0.263 e. The number of aromatic nitrogens is 2. The van der Waals surface area contributed by atoms with E-state index >= 15 is 0 Å². The largest absolute Gasteiger partial charge is 0.337 e. The number of nitrogens with one attached hydrogen (secondary N) is 2. The zero-order valence-electron chi connectivity index (χ0n) is 16.7.